The Hall–Kier alpha value is -1.06. The molecule has 98 valence electrons. The van der Waals surface area contributed by atoms with E-state index in [0.29, 0.717) is 6.61 Å². The number of nitrogens with one attached hydrogen (secondary N) is 1. The van der Waals surface area contributed by atoms with E-state index in [9.17, 15) is 0 Å². The number of aliphatic imine (C=N–C) groups is 1. The highest BCUT2D eigenvalue weighted by Gasteiger charge is 2.19. The molecule has 0 aliphatic carbocycles. The predicted octanol–water partition coefficient (Wildman–Crippen LogP) is 3.20. The minimum absolute atomic E-state index is 0.106. The van der Waals surface area contributed by atoms with Gasteiger partial charge in [0.2, 0.25) is 0 Å². The van der Waals surface area contributed by atoms with Gasteiger partial charge in [-0.15, -0.1) is 0 Å². The Morgan fingerprint density at radius 2 is 2.11 bits per heavy atom. The van der Waals surface area contributed by atoms with Crippen LogP contribution in [0.1, 0.15) is 31.4 Å². The van der Waals surface area contributed by atoms with Crippen molar-refractivity contribution >= 4 is 17.4 Å². The van der Waals surface area contributed by atoms with Crippen LogP contribution in [0.2, 0.25) is 5.02 Å². The second kappa shape index (κ2) is 6.76. The van der Waals surface area contributed by atoms with Crippen LogP contribution in [0.25, 0.3) is 0 Å². The molecular weight excluding hydrogens is 248 g/mol. The summed E-state index contributed by atoms with van der Waals surface area (Å²) in [6.07, 6.45) is 2.19. The normalized spacial score (nSPS) is 17.6. The fraction of sp³-hybridized carbons (Fsp3) is 0.500. The fourth-order valence-corrected chi connectivity index (χ4v) is 2.15. The van der Waals surface area contributed by atoms with Gasteiger partial charge in [-0.2, -0.15) is 0 Å². The van der Waals surface area contributed by atoms with Crippen LogP contribution in [-0.4, -0.2) is 25.5 Å². The van der Waals surface area contributed by atoms with Crippen molar-refractivity contribution in [1.82, 2.24) is 5.32 Å². The van der Waals surface area contributed by atoms with E-state index in [4.69, 9.17) is 16.3 Å². The highest BCUT2D eigenvalue weighted by Crippen LogP contribution is 2.21. The van der Waals surface area contributed by atoms with E-state index in [0.717, 1.165) is 42.4 Å². The third-order valence-electron chi connectivity index (χ3n) is 2.93. The van der Waals surface area contributed by atoms with Crippen LogP contribution in [0.5, 0.6) is 0 Å². The lowest BCUT2D eigenvalue weighted by atomic mass is 10.1. The quantitative estimate of drug-likeness (QED) is 0.908. The lowest BCUT2D eigenvalue weighted by Crippen LogP contribution is -2.31. The maximum Gasteiger partial charge on any atom is 0.139 e. The largest absolute Gasteiger partial charge is 0.371 e. The number of nitrogens with zero attached hydrogens (tertiary/aromatic N) is 1. The van der Waals surface area contributed by atoms with Gasteiger partial charge in [0.15, 0.2) is 0 Å². The lowest BCUT2D eigenvalue weighted by Gasteiger charge is -2.20. The molecule has 0 saturated heterocycles. The van der Waals surface area contributed by atoms with Crippen LogP contribution in [0, 0.1) is 0 Å². The molecule has 0 bridgehead atoms. The van der Waals surface area contributed by atoms with Gasteiger partial charge in [-0.3, -0.25) is 4.99 Å². The van der Waals surface area contributed by atoms with E-state index in [1.54, 1.807) is 0 Å². The highest BCUT2D eigenvalue weighted by atomic mass is 35.5. The Bertz CT molecular complexity index is 403. The molecular formula is C14H19ClN2O. The summed E-state index contributed by atoms with van der Waals surface area (Å²) in [6, 6.07) is 7.77. The molecule has 0 saturated carbocycles. The average molecular weight is 267 g/mol. The smallest absolute Gasteiger partial charge is 0.139 e. The summed E-state index contributed by atoms with van der Waals surface area (Å²) in [5.74, 6) is 0.941. The van der Waals surface area contributed by atoms with Gasteiger partial charge in [0.05, 0.1) is 0 Å². The zero-order valence-electron chi connectivity index (χ0n) is 10.7. The second-order valence-electron chi connectivity index (χ2n) is 4.29. The molecule has 1 aliphatic heterocycles. The van der Waals surface area contributed by atoms with Crippen LogP contribution in [0.15, 0.2) is 29.3 Å². The highest BCUT2D eigenvalue weighted by molar-refractivity contribution is 6.30. The number of ether oxygens (including phenoxy) is 1. The third kappa shape index (κ3) is 3.47. The number of amidine groups is 1. The van der Waals surface area contributed by atoms with E-state index in [2.05, 4.69) is 10.3 Å². The van der Waals surface area contributed by atoms with Crippen LogP contribution in [0.4, 0.5) is 0 Å². The molecule has 0 aromatic heterocycles. The zero-order valence-corrected chi connectivity index (χ0v) is 11.4. The first-order chi connectivity index (χ1) is 8.81. The molecule has 1 atom stereocenters. The van der Waals surface area contributed by atoms with Gasteiger partial charge in [-0.1, -0.05) is 23.7 Å². The summed E-state index contributed by atoms with van der Waals surface area (Å²) in [5, 5.41) is 4.11. The van der Waals surface area contributed by atoms with Gasteiger partial charge in [0, 0.05) is 24.7 Å². The molecule has 1 aromatic carbocycles. The topological polar surface area (TPSA) is 33.6 Å². The van der Waals surface area contributed by atoms with Crippen molar-refractivity contribution in [2.24, 2.45) is 4.99 Å². The van der Waals surface area contributed by atoms with E-state index < -0.39 is 0 Å². The molecule has 0 fully saturated rings. The Kier molecular flexibility index (Phi) is 5.02. The first kappa shape index (κ1) is 13.4. The molecule has 0 radical (unpaired) electrons. The Labute approximate surface area is 113 Å². The third-order valence-corrected chi connectivity index (χ3v) is 3.18. The summed E-state index contributed by atoms with van der Waals surface area (Å²) in [7, 11) is 0. The summed E-state index contributed by atoms with van der Waals surface area (Å²) < 4.78 is 5.83. The molecule has 1 N–H and O–H groups in total. The Morgan fingerprint density at radius 3 is 2.83 bits per heavy atom. The van der Waals surface area contributed by atoms with Gasteiger partial charge >= 0.3 is 0 Å². The molecule has 2 rings (SSSR count). The van der Waals surface area contributed by atoms with E-state index in [-0.39, 0.29) is 6.10 Å². The van der Waals surface area contributed by atoms with Crippen molar-refractivity contribution in [3.05, 3.63) is 34.9 Å². The SMILES string of the molecule is CCO[C@@H](C1=NCCCCN1)c1ccc(Cl)cc1. The standard InChI is InChI=1S/C14H19ClN2O/c1-2-18-13(11-5-7-12(15)8-6-11)14-16-9-3-4-10-17-14/h5-8,13H,2-4,9-10H2,1H3,(H,16,17)/t13-/m1/s1. The van der Waals surface area contributed by atoms with Gasteiger partial charge in [0.1, 0.15) is 11.9 Å². The second-order valence-corrected chi connectivity index (χ2v) is 4.72. The summed E-state index contributed by atoms with van der Waals surface area (Å²) in [5.41, 5.74) is 1.09. The number of halogens is 1. The van der Waals surface area contributed by atoms with Gasteiger partial charge in [0.25, 0.3) is 0 Å². The molecule has 1 aliphatic rings. The van der Waals surface area contributed by atoms with Crippen LogP contribution < -0.4 is 5.32 Å². The monoisotopic (exact) mass is 266 g/mol. The average Bonchev–Trinajstić information content (AvgIpc) is 2.66. The maximum atomic E-state index is 5.92. The Morgan fingerprint density at radius 1 is 1.33 bits per heavy atom. The molecule has 0 amide bonds. The minimum Gasteiger partial charge on any atom is -0.371 e. The number of hydrogen-bond donors (Lipinski definition) is 1. The van der Waals surface area contributed by atoms with Gasteiger partial charge < -0.3 is 10.1 Å². The summed E-state index contributed by atoms with van der Waals surface area (Å²) in [4.78, 5) is 4.59. The van der Waals surface area contributed by atoms with Gasteiger partial charge in [-0.25, -0.2) is 0 Å². The van der Waals surface area contributed by atoms with Crippen LogP contribution in [-0.2, 0) is 4.74 Å². The van der Waals surface area contributed by atoms with E-state index in [1.165, 1.54) is 0 Å². The first-order valence-electron chi connectivity index (χ1n) is 6.46. The molecule has 18 heavy (non-hydrogen) atoms. The minimum atomic E-state index is -0.106. The first-order valence-corrected chi connectivity index (χ1v) is 6.84. The predicted molar refractivity (Wildman–Crippen MR) is 75.4 cm³/mol. The van der Waals surface area contributed by atoms with Crippen molar-refractivity contribution in [1.29, 1.82) is 0 Å². The molecule has 4 heteroatoms. The summed E-state index contributed by atoms with van der Waals surface area (Å²) >= 11 is 5.92. The lowest BCUT2D eigenvalue weighted by molar-refractivity contribution is 0.108. The molecule has 1 aromatic rings. The number of benzene rings is 1. The molecule has 0 unspecified atom stereocenters. The molecule has 1 heterocycles. The van der Waals surface area contributed by atoms with E-state index >= 15 is 0 Å². The molecule has 3 nitrogen and oxygen atoms in total. The van der Waals surface area contributed by atoms with Crippen molar-refractivity contribution in [2.45, 2.75) is 25.9 Å². The van der Waals surface area contributed by atoms with Gasteiger partial charge in [-0.05, 0) is 37.5 Å². The Balaban J connectivity index is 2.21. The maximum absolute atomic E-state index is 5.92. The van der Waals surface area contributed by atoms with Crippen molar-refractivity contribution in [2.75, 3.05) is 19.7 Å². The van der Waals surface area contributed by atoms with Crippen molar-refractivity contribution in [3.8, 4) is 0 Å². The van der Waals surface area contributed by atoms with Crippen molar-refractivity contribution in [3.63, 3.8) is 0 Å². The number of hydrogen-bond acceptors (Lipinski definition) is 3. The fourth-order valence-electron chi connectivity index (χ4n) is 2.02. The number of rotatable bonds is 4. The zero-order chi connectivity index (χ0) is 12.8. The van der Waals surface area contributed by atoms with Crippen molar-refractivity contribution < 1.29 is 4.74 Å². The van der Waals surface area contributed by atoms with E-state index in [1.807, 2.05) is 31.2 Å². The van der Waals surface area contributed by atoms with Crippen LogP contribution >= 0.6 is 11.6 Å². The summed E-state index contributed by atoms with van der Waals surface area (Å²) in [6.45, 7) is 4.50. The molecule has 0 spiro atoms. The van der Waals surface area contributed by atoms with Crippen LogP contribution in [0.3, 0.4) is 0 Å².